The molecule has 9 aromatic rings. The normalized spacial score (nSPS) is 11.8. The number of hydrogen-bond acceptors (Lipinski definition) is 0. The molecule has 0 aliphatic carbocycles. The van der Waals surface area contributed by atoms with Crippen LogP contribution in [0.1, 0.15) is 0 Å². The standard InChI is InChI=1S/C46H32Si/c1-4-16-39(17-5-1)47(40-18-6-2-7-19-40,41-20-8-3-9-21-41)42-28-24-33(25-29-42)37-14-11-15-38(32-37)43-30-26-36-23-22-34-12-10-13-35-27-31-44(43)46(36)45(34)35/h1-32H. The van der Waals surface area contributed by atoms with E-state index < -0.39 is 8.07 Å². The molecule has 0 amide bonds. The Morgan fingerprint density at radius 3 is 1.34 bits per heavy atom. The summed E-state index contributed by atoms with van der Waals surface area (Å²) in [6, 6.07) is 72.1. The van der Waals surface area contributed by atoms with E-state index >= 15 is 0 Å². The molecule has 0 nitrogen and oxygen atoms in total. The van der Waals surface area contributed by atoms with Crippen LogP contribution < -0.4 is 20.7 Å². The molecule has 0 radical (unpaired) electrons. The Morgan fingerprint density at radius 2 is 0.745 bits per heavy atom. The first-order valence-electron chi connectivity index (χ1n) is 16.4. The van der Waals surface area contributed by atoms with Crippen LogP contribution in [-0.4, -0.2) is 8.07 Å². The summed E-state index contributed by atoms with van der Waals surface area (Å²) in [5.41, 5.74) is 4.97. The lowest BCUT2D eigenvalue weighted by atomic mass is 9.89. The second-order valence-corrected chi connectivity index (χ2v) is 16.3. The van der Waals surface area contributed by atoms with Gasteiger partial charge in [0, 0.05) is 0 Å². The molecule has 0 unspecified atom stereocenters. The van der Waals surface area contributed by atoms with Crippen molar-refractivity contribution >= 4 is 61.1 Å². The monoisotopic (exact) mass is 612 g/mol. The highest BCUT2D eigenvalue weighted by Gasteiger charge is 2.41. The van der Waals surface area contributed by atoms with Gasteiger partial charge in [-0.2, -0.15) is 0 Å². The van der Waals surface area contributed by atoms with Crippen molar-refractivity contribution < 1.29 is 0 Å². The third-order valence-corrected chi connectivity index (χ3v) is 14.8. The van der Waals surface area contributed by atoms with Gasteiger partial charge in [0.2, 0.25) is 0 Å². The molecule has 1 heteroatoms. The quantitative estimate of drug-likeness (QED) is 0.0997. The molecule has 0 aromatic heterocycles. The van der Waals surface area contributed by atoms with Gasteiger partial charge in [-0.1, -0.05) is 188 Å². The Morgan fingerprint density at radius 1 is 0.277 bits per heavy atom. The Bertz CT molecular complexity index is 2370. The largest absolute Gasteiger partial charge is 0.179 e. The van der Waals surface area contributed by atoms with Crippen LogP contribution in [0.2, 0.25) is 0 Å². The second kappa shape index (κ2) is 11.2. The predicted octanol–water partition coefficient (Wildman–Crippen LogP) is 9.30. The van der Waals surface area contributed by atoms with Crippen molar-refractivity contribution in [3.63, 3.8) is 0 Å². The highest BCUT2D eigenvalue weighted by Crippen LogP contribution is 2.39. The summed E-state index contributed by atoms with van der Waals surface area (Å²) in [5, 5.41) is 13.5. The highest BCUT2D eigenvalue weighted by atomic mass is 28.3. The summed E-state index contributed by atoms with van der Waals surface area (Å²) >= 11 is 0. The van der Waals surface area contributed by atoms with Crippen LogP contribution >= 0.6 is 0 Å². The van der Waals surface area contributed by atoms with Crippen molar-refractivity contribution in [1.82, 2.24) is 0 Å². The lowest BCUT2D eigenvalue weighted by Gasteiger charge is -2.34. The smallest absolute Gasteiger partial charge is 0.0623 e. The molecule has 0 heterocycles. The fourth-order valence-corrected chi connectivity index (χ4v) is 12.6. The van der Waals surface area contributed by atoms with Crippen molar-refractivity contribution in [2.24, 2.45) is 0 Å². The van der Waals surface area contributed by atoms with Crippen LogP contribution in [-0.2, 0) is 0 Å². The minimum absolute atomic E-state index is 1.23. The SMILES string of the molecule is c1ccc([Si](c2ccccc2)(c2ccccc2)c2ccc(-c3cccc(-c4ccc5ccc6cccc7ccc4c5c67)c3)cc2)cc1. The van der Waals surface area contributed by atoms with Crippen molar-refractivity contribution in [1.29, 1.82) is 0 Å². The first kappa shape index (κ1) is 27.5. The Kier molecular flexibility index (Phi) is 6.59. The van der Waals surface area contributed by atoms with Gasteiger partial charge in [-0.25, -0.2) is 0 Å². The molecule has 0 spiro atoms. The van der Waals surface area contributed by atoms with Gasteiger partial charge in [-0.15, -0.1) is 0 Å². The molecular weight excluding hydrogens is 581 g/mol. The molecular formula is C46H32Si. The molecule has 0 aliphatic rings. The molecule has 0 N–H and O–H groups in total. The summed E-state index contributed by atoms with van der Waals surface area (Å²) in [5.74, 6) is 0. The molecule has 0 saturated carbocycles. The maximum atomic E-state index is 2.39. The minimum Gasteiger partial charge on any atom is -0.0623 e. The van der Waals surface area contributed by atoms with Crippen molar-refractivity contribution in [2.45, 2.75) is 0 Å². The van der Waals surface area contributed by atoms with Crippen molar-refractivity contribution in [3.8, 4) is 22.3 Å². The van der Waals surface area contributed by atoms with Gasteiger partial charge in [0.15, 0.2) is 8.07 Å². The van der Waals surface area contributed by atoms with E-state index in [1.807, 2.05) is 0 Å². The molecule has 0 aliphatic heterocycles. The first-order chi connectivity index (χ1) is 23.3. The lowest BCUT2D eigenvalue weighted by Crippen LogP contribution is -2.74. The van der Waals surface area contributed by atoms with Gasteiger partial charge in [0.05, 0.1) is 0 Å². The zero-order chi connectivity index (χ0) is 31.2. The summed E-state index contributed by atoms with van der Waals surface area (Å²) in [4.78, 5) is 0. The van der Waals surface area contributed by atoms with Gasteiger partial charge in [0.1, 0.15) is 0 Å². The average Bonchev–Trinajstić information content (AvgIpc) is 3.16. The van der Waals surface area contributed by atoms with Crippen LogP contribution in [0.3, 0.4) is 0 Å². The van der Waals surface area contributed by atoms with Crippen LogP contribution in [0.25, 0.3) is 54.6 Å². The number of benzene rings is 9. The van der Waals surface area contributed by atoms with E-state index in [0.29, 0.717) is 0 Å². The van der Waals surface area contributed by atoms with Gasteiger partial charge in [-0.05, 0) is 81.4 Å². The zero-order valence-electron chi connectivity index (χ0n) is 26.0. The third kappa shape index (κ3) is 4.43. The lowest BCUT2D eigenvalue weighted by molar-refractivity contribution is 1.61. The van der Waals surface area contributed by atoms with E-state index in [1.165, 1.54) is 75.3 Å². The molecule has 220 valence electrons. The van der Waals surface area contributed by atoms with Crippen molar-refractivity contribution in [2.75, 3.05) is 0 Å². The summed E-state index contributed by atoms with van der Waals surface area (Å²) in [6.07, 6.45) is 0. The van der Waals surface area contributed by atoms with E-state index in [-0.39, 0.29) is 0 Å². The molecule has 47 heavy (non-hydrogen) atoms. The molecule has 0 bridgehead atoms. The van der Waals surface area contributed by atoms with Gasteiger partial charge >= 0.3 is 0 Å². The van der Waals surface area contributed by atoms with Gasteiger partial charge < -0.3 is 0 Å². The summed E-state index contributed by atoms with van der Waals surface area (Å²) < 4.78 is 0. The summed E-state index contributed by atoms with van der Waals surface area (Å²) in [6.45, 7) is 0. The maximum Gasteiger partial charge on any atom is 0.179 e. The Labute approximate surface area is 276 Å². The van der Waals surface area contributed by atoms with E-state index in [4.69, 9.17) is 0 Å². The molecule has 9 rings (SSSR count). The molecule has 9 aromatic carbocycles. The average molecular weight is 613 g/mol. The van der Waals surface area contributed by atoms with E-state index in [1.54, 1.807) is 0 Å². The summed E-state index contributed by atoms with van der Waals surface area (Å²) in [7, 11) is -2.55. The second-order valence-electron chi connectivity index (χ2n) is 12.5. The fourth-order valence-electron chi connectivity index (χ4n) is 7.83. The first-order valence-corrected chi connectivity index (χ1v) is 18.4. The minimum atomic E-state index is -2.55. The van der Waals surface area contributed by atoms with Crippen LogP contribution in [0.4, 0.5) is 0 Å². The van der Waals surface area contributed by atoms with Crippen molar-refractivity contribution in [3.05, 3.63) is 194 Å². The van der Waals surface area contributed by atoms with E-state index in [0.717, 1.165) is 0 Å². The van der Waals surface area contributed by atoms with Gasteiger partial charge in [-0.3, -0.25) is 0 Å². The van der Waals surface area contributed by atoms with Crippen LogP contribution in [0, 0.1) is 0 Å². The van der Waals surface area contributed by atoms with E-state index in [9.17, 15) is 0 Å². The van der Waals surface area contributed by atoms with Gasteiger partial charge in [0.25, 0.3) is 0 Å². The predicted molar refractivity (Wildman–Crippen MR) is 205 cm³/mol. The zero-order valence-corrected chi connectivity index (χ0v) is 27.0. The topological polar surface area (TPSA) is 0 Å². The van der Waals surface area contributed by atoms with Crippen LogP contribution in [0.5, 0.6) is 0 Å². The van der Waals surface area contributed by atoms with Crippen LogP contribution in [0.15, 0.2) is 194 Å². The number of rotatable bonds is 6. The third-order valence-electron chi connectivity index (χ3n) is 9.97. The maximum absolute atomic E-state index is 2.55. The highest BCUT2D eigenvalue weighted by molar-refractivity contribution is 7.19. The molecule has 0 saturated heterocycles. The Hall–Kier alpha value is -5.76. The number of hydrogen-bond donors (Lipinski definition) is 0. The molecule has 0 atom stereocenters. The van der Waals surface area contributed by atoms with E-state index in [2.05, 4.69) is 194 Å². The Balaban J connectivity index is 1.18. The molecule has 0 fully saturated rings. The fraction of sp³-hybridized carbons (Fsp3) is 0.